The second kappa shape index (κ2) is 4.63. The third-order valence-corrected chi connectivity index (χ3v) is 4.66. The van der Waals surface area contributed by atoms with E-state index in [4.69, 9.17) is 10.3 Å². The molecule has 2 N–H and O–H groups in total. The van der Waals surface area contributed by atoms with Crippen molar-refractivity contribution in [2.75, 3.05) is 0 Å². The van der Waals surface area contributed by atoms with Crippen LogP contribution in [0.2, 0.25) is 0 Å². The van der Waals surface area contributed by atoms with Gasteiger partial charge >= 0.3 is 0 Å². The van der Waals surface area contributed by atoms with E-state index >= 15 is 0 Å². The molecule has 0 aliphatic heterocycles. The number of rotatable bonds is 3. The second-order valence-electron chi connectivity index (χ2n) is 5.91. The van der Waals surface area contributed by atoms with Crippen LogP contribution < -0.4 is 5.73 Å². The van der Waals surface area contributed by atoms with Crippen molar-refractivity contribution >= 4 is 0 Å². The van der Waals surface area contributed by atoms with Crippen molar-refractivity contribution in [3.63, 3.8) is 0 Å². The lowest BCUT2D eigenvalue weighted by atomic mass is 9.72. The second-order valence-corrected chi connectivity index (χ2v) is 5.91. The summed E-state index contributed by atoms with van der Waals surface area (Å²) >= 11 is 0. The third kappa shape index (κ3) is 2.00. The smallest absolute Gasteiger partial charge is 0.229 e. The van der Waals surface area contributed by atoms with E-state index in [1.54, 1.807) is 18.6 Å². The van der Waals surface area contributed by atoms with E-state index < -0.39 is 0 Å². The number of aromatic nitrogens is 4. The molecule has 0 saturated heterocycles. The zero-order chi connectivity index (χ0) is 13.5. The Labute approximate surface area is 116 Å². The normalized spacial score (nSPS) is 31.9. The van der Waals surface area contributed by atoms with E-state index in [-0.39, 0.29) is 0 Å². The third-order valence-electron chi connectivity index (χ3n) is 4.66. The van der Waals surface area contributed by atoms with Crippen molar-refractivity contribution in [1.29, 1.82) is 0 Å². The minimum absolute atomic E-state index is 0.381. The van der Waals surface area contributed by atoms with Crippen LogP contribution in [0.1, 0.15) is 42.6 Å². The first-order chi connectivity index (χ1) is 9.79. The summed E-state index contributed by atoms with van der Waals surface area (Å²) in [6.45, 7) is 0. The Bertz CT molecular complexity index is 599. The summed E-state index contributed by atoms with van der Waals surface area (Å²) in [5, 5.41) is 4.06. The molecule has 2 aliphatic rings. The topological polar surface area (TPSA) is 90.7 Å². The van der Waals surface area contributed by atoms with Gasteiger partial charge in [-0.1, -0.05) is 5.16 Å². The van der Waals surface area contributed by atoms with Crippen molar-refractivity contribution in [2.24, 2.45) is 17.6 Å². The van der Waals surface area contributed by atoms with Crippen molar-refractivity contribution < 1.29 is 4.52 Å². The molecule has 2 saturated carbocycles. The van der Waals surface area contributed by atoms with Gasteiger partial charge in [0.15, 0.2) is 5.82 Å². The number of hydrogen-bond acceptors (Lipinski definition) is 6. The predicted octanol–water partition coefficient (Wildman–Crippen LogP) is 1.29. The molecule has 0 amide bonds. The molecule has 4 atom stereocenters. The van der Waals surface area contributed by atoms with Crippen LogP contribution in [0.3, 0.4) is 0 Å². The van der Waals surface area contributed by atoms with E-state index in [2.05, 4.69) is 20.1 Å². The molecule has 2 heterocycles. The first kappa shape index (κ1) is 12.0. The van der Waals surface area contributed by atoms with E-state index in [0.29, 0.717) is 30.1 Å². The van der Waals surface area contributed by atoms with Crippen LogP contribution in [0, 0.1) is 11.8 Å². The molecule has 0 spiro atoms. The number of nitrogens with zero attached hydrogens (tertiary/aromatic N) is 4. The van der Waals surface area contributed by atoms with Gasteiger partial charge in [0.25, 0.3) is 0 Å². The van der Waals surface area contributed by atoms with Gasteiger partial charge in [-0.2, -0.15) is 4.98 Å². The maximum absolute atomic E-state index is 6.03. The van der Waals surface area contributed by atoms with Gasteiger partial charge in [-0.25, -0.2) is 0 Å². The van der Waals surface area contributed by atoms with Gasteiger partial charge in [-0.3, -0.25) is 9.97 Å². The summed E-state index contributed by atoms with van der Waals surface area (Å²) in [5.41, 5.74) is 6.88. The van der Waals surface area contributed by atoms with E-state index in [9.17, 15) is 0 Å². The average molecular weight is 271 g/mol. The van der Waals surface area contributed by atoms with Gasteiger partial charge in [0.05, 0.1) is 12.1 Å². The molecule has 0 radical (unpaired) electrons. The Morgan fingerprint density at radius 2 is 2.20 bits per heavy atom. The molecule has 0 aromatic carbocycles. The Hall–Kier alpha value is -1.82. The molecule has 2 aliphatic carbocycles. The molecular formula is C14H17N5O. The molecule has 2 aromatic heterocycles. The van der Waals surface area contributed by atoms with Gasteiger partial charge < -0.3 is 10.3 Å². The van der Waals surface area contributed by atoms with E-state index in [1.807, 2.05) is 0 Å². The lowest BCUT2D eigenvalue weighted by Gasteiger charge is -2.37. The van der Waals surface area contributed by atoms with Crippen molar-refractivity contribution in [3.05, 3.63) is 36.0 Å². The molecule has 104 valence electrons. The molecule has 0 bridgehead atoms. The quantitative estimate of drug-likeness (QED) is 0.904. The first-order valence-corrected chi connectivity index (χ1v) is 7.12. The summed E-state index contributed by atoms with van der Waals surface area (Å²) in [6.07, 6.45) is 9.02. The molecule has 20 heavy (non-hydrogen) atoms. The molecule has 1 unspecified atom stereocenters. The summed E-state index contributed by atoms with van der Waals surface area (Å²) in [6, 6.07) is 0.381. The highest BCUT2D eigenvalue weighted by Gasteiger charge is 2.47. The Morgan fingerprint density at radius 1 is 1.25 bits per heavy atom. The summed E-state index contributed by atoms with van der Waals surface area (Å²) in [4.78, 5) is 12.8. The van der Waals surface area contributed by atoms with Gasteiger partial charge in [-0.05, 0) is 31.1 Å². The lowest BCUT2D eigenvalue weighted by molar-refractivity contribution is 0.173. The van der Waals surface area contributed by atoms with Gasteiger partial charge in [-0.15, -0.1) is 0 Å². The largest absolute Gasteiger partial charge is 0.339 e. The fraction of sp³-hybridized carbons (Fsp3) is 0.571. The van der Waals surface area contributed by atoms with Crippen molar-refractivity contribution in [2.45, 2.75) is 37.6 Å². The Morgan fingerprint density at radius 3 is 2.95 bits per heavy atom. The van der Waals surface area contributed by atoms with Crippen molar-refractivity contribution in [1.82, 2.24) is 20.1 Å². The number of hydrogen-bond donors (Lipinski definition) is 1. The average Bonchev–Trinajstić information content (AvgIpc) is 3.04. The van der Waals surface area contributed by atoms with Gasteiger partial charge in [0.1, 0.15) is 0 Å². The summed E-state index contributed by atoms with van der Waals surface area (Å²) in [7, 11) is 0. The van der Waals surface area contributed by atoms with Crippen LogP contribution >= 0.6 is 0 Å². The zero-order valence-electron chi connectivity index (χ0n) is 11.1. The molecule has 4 rings (SSSR count). The first-order valence-electron chi connectivity index (χ1n) is 7.12. The molecule has 6 nitrogen and oxygen atoms in total. The predicted molar refractivity (Wildman–Crippen MR) is 70.7 cm³/mol. The fourth-order valence-electron chi connectivity index (χ4n) is 3.57. The van der Waals surface area contributed by atoms with Crippen LogP contribution in [0.4, 0.5) is 0 Å². The van der Waals surface area contributed by atoms with Crippen LogP contribution in [-0.4, -0.2) is 26.2 Å². The maximum atomic E-state index is 6.03. The van der Waals surface area contributed by atoms with Crippen molar-refractivity contribution in [3.8, 4) is 0 Å². The van der Waals surface area contributed by atoms with Crippen LogP contribution in [-0.2, 0) is 6.42 Å². The highest BCUT2D eigenvalue weighted by molar-refractivity contribution is 5.09. The minimum atomic E-state index is 0.381. The minimum Gasteiger partial charge on any atom is -0.339 e. The highest BCUT2D eigenvalue weighted by Crippen LogP contribution is 2.51. The molecule has 2 aromatic rings. The molecule has 2 fully saturated rings. The number of nitrogens with two attached hydrogens (primary N) is 1. The molecule has 6 heteroatoms. The zero-order valence-corrected chi connectivity index (χ0v) is 11.1. The Kier molecular flexibility index (Phi) is 2.77. The highest BCUT2D eigenvalue weighted by atomic mass is 16.5. The summed E-state index contributed by atoms with van der Waals surface area (Å²) < 4.78 is 5.43. The maximum Gasteiger partial charge on any atom is 0.229 e. The van der Waals surface area contributed by atoms with Gasteiger partial charge in [0, 0.05) is 30.6 Å². The van der Waals surface area contributed by atoms with Crippen LogP contribution in [0.15, 0.2) is 23.1 Å². The van der Waals surface area contributed by atoms with Crippen LogP contribution in [0.25, 0.3) is 0 Å². The lowest BCUT2D eigenvalue weighted by Crippen LogP contribution is -2.44. The Balaban J connectivity index is 1.46. The van der Waals surface area contributed by atoms with Gasteiger partial charge in [0.2, 0.25) is 5.89 Å². The summed E-state index contributed by atoms with van der Waals surface area (Å²) in [5.74, 6) is 3.27. The monoisotopic (exact) mass is 271 g/mol. The van der Waals surface area contributed by atoms with E-state index in [1.165, 1.54) is 0 Å². The van der Waals surface area contributed by atoms with E-state index in [0.717, 1.165) is 36.8 Å². The fourth-order valence-corrected chi connectivity index (χ4v) is 3.57. The number of fused-ring (bicyclic) bond motifs is 1. The standard InChI is InChI=1S/C14H17N5O/c15-12-5-8-3-9(4-11(8)12)14-18-13(19-20-14)6-10-7-16-1-2-17-10/h1-2,7-9,11-12H,3-6,15H2/t8-,9?,11-,12+/m0/s1. The van der Waals surface area contributed by atoms with Crippen LogP contribution in [0.5, 0.6) is 0 Å². The SMILES string of the molecule is N[C@@H]1C[C@@H]2CC(c3nc(Cc4cnccn4)no3)C[C@@H]21. The molecular weight excluding hydrogens is 254 g/mol.